The highest BCUT2D eigenvalue weighted by Gasteiger charge is 2.52. The lowest BCUT2D eigenvalue weighted by molar-refractivity contribution is 0.724. The average molecular weight is 1600 g/mol. The SMILES string of the molecule is N#Cc1ccc2c(c1)c1ccccc1n2-c1ccc(-c2ccc3nc(-c4ccccc4)c4cc5c(cc4c3c2)C2(c3ccccc3S5)c3ccccc3-c3ccccc32)cc1.c1ccc(-c2nc3ccc(-c4ccc5nc(-c6ccccc6)c6cc7c(cc6c5c4)C4(c5ccccc5S7)c5ccccc5-c5ccccc54)cc3nc2-c2ccccc2)cc1. The highest BCUT2D eigenvalue weighted by Crippen LogP contribution is 2.65. The number of hydrogen-bond donors (Lipinski definition) is 0. The number of aromatic nitrogens is 5. The minimum atomic E-state index is -0.481. The summed E-state index contributed by atoms with van der Waals surface area (Å²) in [6.45, 7) is 0. The quantitative estimate of drug-likeness (QED) is 0.147. The van der Waals surface area contributed by atoms with Crippen LogP contribution in [0.5, 0.6) is 0 Å². The summed E-state index contributed by atoms with van der Waals surface area (Å²) in [6, 6.07) is 152. The van der Waals surface area contributed by atoms with Crippen LogP contribution in [0.15, 0.2) is 432 Å². The van der Waals surface area contributed by atoms with Crippen LogP contribution in [0.1, 0.15) is 50.1 Å². The molecule has 2 aliphatic carbocycles. The Hall–Kier alpha value is -15.4. The number of fused-ring (bicyclic) bond motifs is 28. The van der Waals surface area contributed by atoms with Crippen molar-refractivity contribution in [3.8, 4) is 101 Å². The van der Waals surface area contributed by atoms with Gasteiger partial charge in [-0.15, -0.1) is 0 Å². The Morgan fingerprint density at radius 1 is 0.220 bits per heavy atom. The molecule has 18 aromatic carbocycles. The zero-order valence-corrected chi connectivity index (χ0v) is 67.9. The fourth-order valence-electron chi connectivity index (χ4n) is 20.6. The maximum atomic E-state index is 9.67. The summed E-state index contributed by atoms with van der Waals surface area (Å²) in [5.41, 5.74) is 35.0. The van der Waals surface area contributed by atoms with Crippen molar-refractivity contribution >= 4 is 99.7 Å². The predicted octanol–water partition coefficient (Wildman–Crippen LogP) is 29.3. The van der Waals surface area contributed by atoms with Gasteiger partial charge in [0.05, 0.1) is 78.3 Å². The Labute approximate surface area is 718 Å². The van der Waals surface area contributed by atoms with Gasteiger partial charge in [-0.1, -0.05) is 327 Å². The van der Waals surface area contributed by atoms with Gasteiger partial charge in [0.1, 0.15) is 0 Å². The normalized spacial score (nSPS) is 13.3. The molecule has 0 bridgehead atoms. The van der Waals surface area contributed by atoms with Gasteiger partial charge in [-0.3, -0.25) is 0 Å². The molecule has 4 aromatic heterocycles. The molecule has 26 rings (SSSR count). The van der Waals surface area contributed by atoms with E-state index < -0.39 is 10.8 Å². The van der Waals surface area contributed by atoms with Gasteiger partial charge in [-0.25, -0.2) is 19.9 Å². The van der Waals surface area contributed by atoms with E-state index in [1.165, 1.54) is 97.1 Å². The largest absolute Gasteiger partial charge is 0.309 e. The van der Waals surface area contributed by atoms with Crippen molar-refractivity contribution in [2.75, 3.05) is 0 Å². The van der Waals surface area contributed by atoms with Gasteiger partial charge < -0.3 is 4.57 Å². The van der Waals surface area contributed by atoms with Crippen LogP contribution >= 0.6 is 23.5 Å². The Bertz CT molecular complexity index is 8170. The first kappa shape index (κ1) is 70.6. The van der Waals surface area contributed by atoms with E-state index in [9.17, 15) is 5.26 Å². The number of nitrogens with zero attached hydrogens (tertiary/aromatic N) is 6. The second-order valence-electron chi connectivity index (χ2n) is 32.4. The number of benzene rings is 18. The molecule has 0 saturated carbocycles. The summed E-state index contributed by atoms with van der Waals surface area (Å²) in [7, 11) is 0. The van der Waals surface area contributed by atoms with E-state index in [1.54, 1.807) is 0 Å². The first-order valence-corrected chi connectivity index (χ1v) is 43.4. The molecule has 6 heterocycles. The van der Waals surface area contributed by atoms with Gasteiger partial charge in [-0.05, 0) is 209 Å². The molecule has 2 aliphatic heterocycles. The molecule has 0 unspecified atom stereocenters. The minimum Gasteiger partial charge on any atom is -0.309 e. The molecular formula is C115H68N6S2. The van der Waals surface area contributed by atoms with Crippen molar-refractivity contribution in [1.29, 1.82) is 5.26 Å². The first-order chi connectivity index (χ1) is 60.9. The van der Waals surface area contributed by atoms with Crippen molar-refractivity contribution in [1.82, 2.24) is 24.5 Å². The van der Waals surface area contributed by atoms with Crippen LogP contribution in [0.4, 0.5) is 0 Å². The second-order valence-corrected chi connectivity index (χ2v) is 34.6. The van der Waals surface area contributed by atoms with Gasteiger partial charge in [-0.2, -0.15) is 5.26 Å². The molecule has 8 heteroatoms. The third-order valence-corrected chi connectivity index (χ3v) is 28.2. The summed E-state index contributed by atoms with van der Waals surface area (Å²) in [6.07, 6.45) is 0. The lowest BCUT2D eigenvalue weighted by Crippen LogP contribution is -2.32. The number of rotatable bonds is 7. The van der Waals surface area contributed by atoms with Gasteiger partial charge in [0, 0.05) is 79.8 Å². The molecule has 0 radical (unpaired) electrons. The maximum absolute atomic E-state index is 9.67. The van der Waals surface area contributed by atoms with E-state index in [-0.39, 0.29) is 0 Å². The zero-order chi connectivity index (χ0) is 81.0. The number of hydrogen-bond acceptors (Lipinski definition) is 7. The Morgan fingerprint density at radius 3 is 1.06 bits per heavy atom. The van der Waals surface area contributed by atoms with E-state index >= 15 is 0 Å². The Morgan fingerprint density at radius 2 is 0.585 bits per heavy atom. The van der Waals surface area contributed by atoms with E-state index in [0.29, 0.717) is 5.56 Å². The summed E-state index contributed by atoms with van der Waals surface area (Å²) in [4.78, 5) is 26.6. The Kier molecular flexibility index (Phi) is 16.0. The van der Waals surface area contributed by atoms with Crippen molar-refractivity contribution in [3.63, 3.8) is 0 Å². The van der Waals surface area contributed by atoms with Crippen molar-refractivity contribution < 1.29 is 0 Å². The summed E-state index contributed by atoms with van der Waals surface area (Å²) in [5.74, 6) is 0. The van der Waals surface area contributed by atoms with Crippen LogP contribution in [0.2, 0.25) is 0 Å². The third-order valence-electron chi connectivity index (χ3n) is 26.0. The maximum Gasteiger partial charge on any atom is 0.0991 e. The molecule has 4 aliphatic rings. The number of pyridine rings is 2. The molecule has 0 N–H and O–H groups in total. The predicted molar refractivity (Wildman–Crippen MR) is 506 cm³/mol. The Balaban J connectivity index is 0.000000135. The van der Waals surface area contributed by atoms with Crippen LogP contribution < -0.4 is 0 Å². The average Bonchev–Trinajstić information content (AvgIpc) is 1.55. The monoisotopic (exact) mass is 1600 g/mol. The molecule has 2 spiro atoms. The standard InChI is InChI=1S/C58H35N3S.C57H33N3S/c1-4-16-36(17-5-1)55-45-35-54-49(58(48-26-14-15-27-53(48)62-54)46-24-12-10-22-41(46)42-23-11-13-25-47(42)58)34-43(45)44-32-39(28-30-50(44)59-55)40-29-31-51-52(33-40)61-57(38-20-8-3-9-21-38)56(60-51)37-18-6-2-7-19-37;58-34-35-22-29-53-45(30-35)42-16-6-10-20-52(42)60(53)39-26-23-36(24-27-39)38-25-28-51-44(31-38)43-32-50-55(33-46(43)56(59-51)37-12-2-1-3-13-37)61-54-21-11-9-19-49(54)57(50)47-17-7-4-14-40(47)41-15-5-8-18-48(41)57/h1-35H;1-33H. The number of nitriles is 1. The lowest BCUT2D eigenvalue weighted by atomic mass is 9.67. The highest BCUT2D eigenvalue weighted by atomic mass is 32.2. The van der Waals surface area contributed by atoms with E-state index in [1.807, 2.05) is 47.8 Å². The topological polar surface area (TPSA) is 80.3 Å². The molecule has 0 fully saturated rings. The van der Waals surface area contributed by atoms with Crippen molar-refractivity contribution in [2.24, 2.45) is 0 Å². The van der Waals surface area contributed by atoms with E-state index in [4.69, 9.17) is 19.9 Å². The molecule has 570 valence electrons. The first-order valence-electron chi connectivity index (χ1n) is 41.8. The van der Waals surface area contributed by atoms with Crippen LogP contribution in [0, 0.1) is 11.3 Å². The number of para-hydroxylation sites is 1. The molecule has 0 amide bonds. The van der Waals surface area contributed by atoms with Crippen LogP contribution in [0.3, 0.4) is 0 Å². The summed E-state index contributed by atoms with van der Waals surface area (Å²) >= 11 is 3.75. The highest BCUT2D eigenvalue weighted by molar-refractivity contribution is 7.99. The third kappa shape index (κ3) is 10.7. The fraction of sp³-hybridized carbons (Fsp3) is 0.0174. The zero-order valence-electron chi connectivity index (χ0n) is 66.3. The van der Waals surface area contributed by atoms with E-state index in [2.05, 4.69) is 399 Å². The van der Waals surface area contributed by atoms with E-state index in [0.717, 1.165) is 138 Å². The van der Waals surface area contributed by atoms with Crippen molar-refractivity contribution in [2.45, 2.75) is 30.4 Å². The minimum absolute atomic E-state index is 0.475. The summed E-state index contributed by atoms with van der Waals surface area (Å²) < 4.78 is 2.30. The smallest absolute Gasteiger partial charge is 0.0991 e. The molecule has 22 aromatic rings. The second kappa shape index (κ2) is 27.9. The fourth-order valence-corrected chi connectivity index (χ4v) is 23.1. The van der Waals surface area contributed by atoms with Crippen LogP contribution in [-0.2, 0) is 10.8 Å². The van der Waals surface area contributed by atoms with Crippen molar-refractivity contribution in [3.05, 3.63) is 463 Å². The molecule has 0 atom stereocenters. The van der Waals surface area contributed by atoms with Gasteiger partial charge >= 0.3 is 0 Å². The van der Waals surface area contributed by atoms with Gasteiger partial charge in [0.15, 0.2) is 0 Å². The van der Waals surface area contributed by atoms with Gasteiger partial charge in [0.2, 0.25) is 0 Å². The van der Waals surface area contributed by atoms with Gasteiger partial charge in [0.25, 0.3) is 0 Å². The van der Waals surface area contributed by atoms with Crippen LogP contribution in [0.25, 0.3) is 171 Å². The lowest BCUT2D eigenvalue weighted by Gasteiger charge is -2.40. The molecular weight excluding hydrogens is 1530 g/mol. The summed E-state index contributed by atoms with van der Waals surface area (Å²) in [5, 5.41) is 18.8. The molecule has 123 heavy (non-hydrogen) atoms. The molecule has 6 nitrogen and oxygen atoms in total. The van der Waals surface area contributed by atoms with Crippen LogP contribution in [-0.4, -0.2) is 24.5 Å². The molecule has 0 saturated heterocycles.